The molecule has 1 fully saturated rings. The summed E-state index contributed by atoms with van der Waals surface area (Å²) >= 11 is 0. The third-order valence-electron chi connectivity index (χ3n) is 3.27. The predicted octanol–water partition coefficient (Wildman–Crippen LogP) is 0.880. The lowest BCUT2D eigenvalue weighted by Gasteiger charge is -2.33. The second-order valence-electron chi connectivity index (χ2n) is 5.07. The van der Waals surface area contributed by atoms with Gasteiger partial charge in [0.2, 0.25) is 5.91 Å². The molecule has 1 atom stereocenters. The Bertz CT molecular complexity index is 275. The van der Waals surface area contributed by atoms with E-state index in [1.165, 1.54) is 0 Å². The van der Waals surface area contributed by atoms with Crippen molar-refractivity contribution in [2.75, 3.05) is 13.2 Å². The van der Waals surface area contributed by atoms with Gasteiger partial charge in [-0.05, 0) is 18.8 Å². The lowest BCUT2D eigenvalue weighted by atomic mass is 9.74. The van der Waals surface area contributed by atoms with E-state index in [2.05, 4.69) is 19.2 Å². The summed E-state index contributed by atoms with van der Waals surface area (Å²) in [5, 5.41) is 12.1. The highest BCUT2D eigenvalue weighted by atomic mass is 16.3. The number of carbonyl (C=O) groups excluding carboxylic acids is 2. The summed E-state index contributed by atoms with van der Waals surface area (Å²) in [5.41, 5.74) is -0.808. The molecule has 2 N–H and O–H groups in total. The van der Waals surface area contributed by atoms with Crippen molar-refractivity contribution in [3.05, 3.63) is 0 Å². The Labute approximate surface area is 96.4 Å². The molecule has 92 valence electrons. The number of rotatable bonds is 5. The van der Waals surface area contributed by atoms with Crippen molar-refractivity contribution in [1.82, 2.24) is 5.32 Å². The van der Waals surface area contributed by atoms with Crippen molar-refractivity contribution in [2.45, 2.75) is 39.5 Å². The van der Waals surface area contributed by atoms with E-state index in [1.54, 1.807) is 0 Å². The fourth-order valence-corrected chi connectivity index (χ4v) is 2.05. The second-order valence-corrected chi connectivity index (χ2v) is 5.07. The number of Topliss-reactive ketones (excluding diaryl/α,β-unsaturated/α-hetero) is 1. The van der Waals surface area contributed by atoms with Crippen molar-refractivity contribution < 1.29 is 14.7 Å². The van der Waals surface area contributed by atoms with Gasteiger partial charge in [-0.2, -0.15) is 0 Å². The molecule has 4 nitrogen and oxygen atoms in total. The SMILES string of the molecule is CC(C)CCC(=O)C1(CO)CCNC(=O)C1. The number of carbonyl (C=O) groups is 2. The van der Waals surface area contributed by atoms with Gasteiger partial charge in [0.05, 0.1) is 12.0 Å². The van der Waals surface area contributed by atoms with Crippen LogP contribution in [0.25, 0.3) is 0 Å². The molecule has 1 aliphatic heterocycles. The standard InChI is InChI=1S/C12H21NO3/c1-9(2)3-4-10(15)12(8-14)5-6-13-11(16)7-12/h9,14H,3-8H2,1-2H3,(H,13,16). The molecule has 1 aliphatic rings. The van der Waals surface area contributed by atoms with Crippen LogP contribution in [0.4, 0.5) is 0 Å². The van der Waals surface area contributed by atoms with Gasteiger partial charge in [-0.25, -0.2) is 0 Å². The second kappa shape index (κ2) is 5.43. The molecule has 0 saturated carbocycles. The predicted molar refractivity (Wildman–Crippen MR) is 60.8 cm³/mol. The van der Waals surface area contributed by atoms with E-state index in [-0.39, 0.29) is 24.7 Å². The van der Waals surface area contributed by atoms with Gasteiger partial charge in [0, 0.05) is 19.4 Å². The fourth-order valence-electron chi connectivity index (χ4n) is 2.05. The van der Waals surface area contributed by atoms with Gasteiger partial charge < -0.3 is 10.4 Å². The molecule has 0 aromatic rings. The monoisotopic (exact) mass is 227 g/mol. The molecule has 1 heterocycles. The molecule has 0 aliphatic carbocycles. The molecule has 0 radical (unpaired) electrons. The summed E-state index contributed by atoms with van der Waals surface area (Å²) in [4.78, 5) is 23.4. The summed E-state index contributed by atoms with van der Waals surface area (Å²) in [6, 6.07) is 0. The maximum absolute atomic E-state index is 12.1. The molecular formula is C12H21NO3. The molecule has 1 unspecified atom stereocenters. The highest BCUT2D eigenvalue weighted by Gasteiger charge is 2.41. The van der Waals surface area contributed by atoms with Gasteiger partial charge in [-0.15, -0.1) is 0 Å². The molecule has 0 bridgehead atoms. The van der Waals surface area contributed by atoms with Crippen molar-refractivity contribution in [2.24, 2.45) is 11.3 Å². The minimum Gasteiger partial charge on any atom is -0.395 e. The van der Waals surface area contributed by atoms with Gasteiger partial charge >= 0.3 is 0 Å². The van der Waals surface area contributed by atoms with Crippen molar-refractivity contribution >= 4 is 11.7 Å². The maximum Gasteiger partial charge on any atom is 0.221 e. The average Bonchev–Trinajstić information content (AvgIpc) is 2.25. The molecule has 0 aromatic carbocycles. The van der Waals surface area contributed by atoms with E-state index < -0.39 is 5.41 Å². The largest absolute Gasteiger partial charge is 0.395 e. The summed E-state index contributed by atoms with van der Waals surface area (Å²) in [5.74, 6) is 0.383. The average molecular weight is 227 g/mol. The van der Waals surface area contributed by atoms with E-state index in [9.17, 15) is 14.7 Å². The Balaban J connectivity index is 2.63. The third kappa shape index (κ3) is 3.04. The van der Waals surface area contributed by atoms with E-state index in [0.29, 0.717) is 25.3 Å². The zero-order valence-electron chi connectivity index (χ0n) is 10.1. The van der Waals surface area contributed by atoms with Crippen molar-refractivity contribution in [3.63, 3.8) is 0 Å². The number of nitrogens with one attached hydrogen (secondary N) is 1. The molecular weight excluding hydrogens is 206 g/mol. The molecule has 1 rings (SSSR count). The maximum atomic E-state index is 12.1. The van der Waals surface area contributed by atoms with Crippen LogP contribution in [0.1, 0.15) is 39.5 Å². The molecule has 1 saturated heterocycles. The summed E-state index contributed by atoms with van der Waals surface area (Å²) < 4.78 is 0. The number of hydrogen-bond acceptors (Lipinski definition) is 3. The Kier molecular flexibility index (Phi) is 4.47. The number of ketones is 1. The number of piperidine rings is 1. The number of amides is 1. The van der Waals surface area contributed by atoms with Gasteiger partial charge in [0.1, 0.15) is 5.78 Å². The number of hydrogen-bond donors (Lipinski definition) is 2. The van der Waals surface area contributed by atoms with Crippen LogP contribution in [-0.2, 0) is 9.59 Å². The number of aliphatic hydroxyl groups excluding tert-OH is 1. The van der Waals surface area contributed by atoms with Crippen LogP contribution in [0, 0.1) is 11.3 Å². The van der Waals surface area contributed by atoms with Crippen molar-refractivity contribution in [1.29, 1.82) is 0 Å². The first kappa shape index (κ1) is 13.2. The zero-order valence-corrected chi connectivity index (χ0v) is 10.1. The molecule has 1 amide bonds. The van der Waals surface area contributed by atoms with Gasteiger partial charge in [0.15, 0.2) is 0 Å². The van der Waals surface area contributed by atoms with Gasteiger partial charge in [0.25, 0.3) is 0 Å². The Morgan fingerprint density at radius 2 is 2.25 bits per heavy atom. The van der Waals surface area contributed by atoms with Crippen LogP contribution in [0.15, 0.2) is 0 Å². The fraction of sp³-hybridized carbons (Fsp3) is 0.833. The third-order valence-corrected chi connectivity index (χ3v) is 3.27. The Morgan fingerprint density at radius 1 is 1.56 bits per heavy atom. The first-order chi connectivity index (χ1) is 7.50. The van der Waals surface area contributed by atoms with Crippen LogP contribution in [0.3, 0.4) is 0 Å². The Morgan fingerprint density at radius 3 is 2.75 bits per heavy atom. The minimum atomic E-state index is -0.808. The van der Waals surface area contributed by atoms with E-state index in [1.807, 2.05) is 0 Å². The topological polar surface area (TPSA) is 66.4 Å². The Hall–Kier alpha value is -0.900. The van der Waals surface area contributed by atoms with Crippen LogP contribution in [0.5, 0.6) is 0 Å². The summed E-state index contributed by atoms with van der Waals surface area (Å²) in [7, 11) is 0. The van der Waals surface area contributed by atoms with Crippen molar-refractivity contribution in [3.8, 4) is 0 Å². The normalized spacial score (nSPS) is 25.6. The van der Waals surface area contributed by atoms with Gasteiger partial charge in [-0.1, -0.05) is 13.8 Å². The molecule has 4 heteroatoms. The highest BCUT2D eigenvalue weighted by molar-refractivity contribution is 5.91. The van der Waals surface area contributed by atoms with E-state index in [4.69, 9.17) is 0 Å². The van der Waals surface area contributed by atoms with Gasteiger partial charge in [-0.3, -0.25) is 9.59 Å². The molecule has 16 heavy (non-hydrogen) atoms. The van der Waals surface area contributed by atoms with Crippen LogP contribution in [0.2, 0.25) is 0 Å². The van der Waals surface area contributed by atoms with E-state index >= 15 is 0 Å². The lowest BCUT2D eigenvalue weighted by molar-refractivity contribution is -0.140. The summed E-state index contributed by atoms with van der Waals surface area (Å²) in [6.07, 6.45) is 1.99. The number of aliphatic hydroxyl groups is 1. The molecule has 0 spiro atoms. The molecule has 0 aromatic heterocycles. The highest BCUT2D eigenvalue weighted by Crippen LogP contribution is 2.31. The van der Waals surface area contributed by atoms with Crippen LogP contribution in [-0.4, -0.2) is 29.9 Å². The van der Waals surface area contributed by atoms with Crippen LogP contribution >= 0.6 is 0 Å². The van der Waals surface area contributed by atoms with Crippen LogP contribution < -0.4 is 5.32 Å². The first-order valence-corrected chi connectivity index (χ1v) is 5.91. The van der Waals surface area contributed by atoms with E-state index in [0.717, 1.165) is 6.42 Å². The smallest absolute Gasteiger partial charge is 0.221 e. The zero-order chi connectivity index (χ0) is 12.2. The first-order valence-electron chi connectivity index (χ1n) is 5.91. The quantitative estimate of drug-likeness (QED) is 0.732. The lowest BCUT2D eigenvalue weighted by Crippen LogP contribution is -2.47. The summed E-state index contributed by atoms with van der Waals surface area (Å²) in [6.45, 7) is 4.41. The minimum absolute atomic E-state index is 0.0403.